The second-order valence-electron chi connectivity index (χ2n) is 4.61. The lowest BCUT2D eigenvalue weighted by atomic mass is 10.1. The lowest BCUT2D eigenvalue weighted by Crippen LogP contribution is -3.00. The van der Waals surface area contributed by atoms with E-state index in [9.17, 15) is 14.4 Å². The predicted molar refractivity (Wildman–Crippen MR) is 75.0 cm³/mol. The van der Waals surface area contributed by atoms with Crippen LogP contribution in [0.3, 0.4) is 0 Å². The van der Waals surface area contributed by atoms with Gasteiger partial charge in [-0.25, -0.2) is 0 Å². The SMILES string of the molecule is CC(=O)OC[C@H]1OC(NC([NH3+])=S)[C@H](OC(C)=O)[C@@H]1OC(C)=O.[Br-]. The van der Waals surface area contributed by atoms with Gasteiger partial charge in [-0.2, -0.15) is 0 Å². The van der Waals surface area contributed by atoms with Gasteiger partial charge in [0.25, 0.3) is 5.11 Å². The van der Waals surface area contributed by atoms with Crippen LogP contribution in [-0.2, 0) is 33.3 Å². The Morgan fingerprint density at radius 2 is 1.61 bits per heavy atom. The van der Waals surface area contributed by atoms with Gasteiger partial charge in [0.2, 0.25) is 0 Å². The summed E-state index contributed by atoms with van der Waals surface area (Å²) in [5, 5.41) is 2.87. The molecule has 0 aromatic carbocycles. The van der Waals surface area contributed by atoms with Gasteiger partial charge in [-0.3, -0.25) is 14.4 Å². The molecule has 1 heterocycles. The zero-order chi connectivity index (χ0) is 16.9. The summed E-state index contributed by atoms with van der Waals surface area (Å²) < 4.78 is 20.7. The van der Waals surface area contributed by atoms with E-state index in [1.54, 1.807) is 0 Å². The number of quaternary nitrogens is 1. The number of thiocarbonyl (C=S) groups is 1. The molecule has 4 N–H and O–H groups in total. The molecule has 1 rings (SSSR count). The maximum atomic E-state index is 11.3. The van der Waals surface area contributed by atoms with E-state index < -0.39 is 42.4 Å². The van der Waals surface area contributed by atoms with Gasteiger partial charge >= 0.3 is 17.9 Å². The van der Waals surface area contributed by atoms with Crippen molar-refractivity contribution in [2.45, 2.75) is 45.3 Å². The molecular weight excluding hydrogens is 396 g/mol. The average Bonchev–Trinajstić information content (AvgIpc) is 2.63. The first-order chi connectivity index (χ1) is 10.2. The molecule has 1 unspecified atom stereocenters. The van der Waals surface area contributed by atoms with Crippen LogP contribution < -0.4 is 28.0 Å². The third-order valence-corrected chi connectivity index (χ3v) is 2.79. The van der Waals surface area contributed by atoms with E-state index in [2.05, 4.69) is 11.1 Å². The van der Waals surface area contributed by atoms with E-state index in [1.807, 2.05) is 0 Å². The van der Waals surface area contributed by atoms with Gasteiger partial charge in [-0.05, 0) is 0 Å². The lowest BCUT2D eigenvalue weighted by Gasteiger charge is -2.23. The highest BCUT2D eigenvalue weighted by Gasteiger charge is 2.50. The number of carbonyl (C=O) groups excluding carboxylic acids is 3. The van der Waals surface area contributed by atoms with Gasteiger partial charge in [0, 0.05) is 33.0 Å². The van der Waals surface area contributed by atoms with Crippen molar-refractivity contribution >= 4 is 35.2 Å². The van der Waals surface area contributed by atoms with Crippen LogP contribution >= 0.6 is 12.2 Å². The summed E-state index contributed by atoms with van der Waals surface area (Å²) in [5.41, 5.74) is 3.51. The number of hydrogen-bond donors (Lipinski definition) is 2. The van der Waals surface area contributed by atoms with E-state index >= 15 is 0 Å². The molecule has 1 aliphatic heterocycles. The van der Waals surface area contributed by atoms with Crippen LogP contribution in [0.25, 0.3) is 0 Å². The average molecular weight is 415 g/mol. The molecule has 0 saturated carbocycles. The van der Waals surface area contributed by atoms with E-state index in [-0.39, 0.29) is 28.7 Å². The highest BCUT2D eigenvalue weighted by Crippen LogP contribution is 2.26. The topological polar surface area (TPSA) is 128 Å². The van der Waals surface area contributed by atoms with Crippen LogP contribution in [0.4, 0.5) is 0 Å². The molecule has 11 heteroatoms. The van der Waals surface area contributed by atoms with Gasteiger partial charge in [-0.1, -0.05) is 0 Å². The Labute approximate surface area is 148 Å². The Morgan fingerprint density at radius 3 is 2.04 bits per heavy atom. The third kappa shape index (κ3) is 7.20. The monoisotopic (exact) mass is 414 g/mol. The summed E-state index contributed by atoms with van der Waals surface area (Å²) in [5.74, 6) is -1.68. The van der Waals surface area contributed by atoms with Crippen molar-refractivity contribution in [3.63, 3.8) is 0 Å². The number of carbonyl (C=O) groups is 3. The minimum Gasteiger partial charge on any atom is -1.00 e. The maximum Gasteiger partial charge on any atom is 0.303 e. The van der Waals surface area contributed by atoms with E-state index in [1.165, 1.54) is 20.8 Å². The highest BCUT2D eigenvalue weighted by molar-refractivity contribution is 7.79. The zero-order valence-electron chi connectivity index (χ0n) is 12.9. The molecule has 1 aliphatic rings. The summed E-state index contributed by atoms with van der Waals surface area (Å²) in [6.45, 7) is 3.50. The fourth-order valence-electron chi connectivity index (χ4n) is 1.99. The van der Waals surface area contributed by atoms with Crippen molar-refractivity contribution in [2.75, 3.05) is 6.61 Å². The van der Waals surface area contributed by atoms with Crippen LogP contribution in [0.1, 0.15) is 20.8 Å². The Balaban J connectivity index is 0.00000484. The van der Waals surface area contributed by atoms with Gasteiger partial charge in [0.15, 0.2) is 18.4 Å². The predicted octanol–water partition coefficient (Wildman–Crippen LogP) is -4.74. The molecule has 0 radical (unpaired) electrons. The first-order valence-electron chi connectivity index (χ1n) is 6.46. The maximum absolute atomic E-state index is 11.3. The van der Waals surface area contributed by atoms with Crippen molar-refractivity contribution in [3.05, 3.63) is 0 Å². The minimum atomic E-state index is -0.943. The van der Waals surface area contributed by atoms with E-state index in [4.69, 9.17) is 31.2 Å². The molecular formula is C12H19BrN2O7S. The molecule has 1 saturated heterocycles. The van der Waals surface area contributed by atoms with Crippen LogP contribution in [-0.4, -0.2) is 54.2 Å². The smallest absolute Gasteiger partial charge is 0.303 e. The van der Waals surface area contributed by atoms with E-state index in [0.717, 1.165) is 0 Å². The molecule has 0 bridgehead atoms. The van der Waals surface area contributed by atoms with Crippen molar-refractivity contribution in [1.82, 2.24) is 5.32 Å². The largest absolute Gasteiger partial charge is 1.00 e. The van der Waals surface area contributed by atoms with Crippen molar-refractivity contribution in [2.24, 2.45) is 0 Å². The first-order valence-corrected chi connectivity index (χ1v) is 6.87. The van der Waals surface area contributed by atoms with E-state index in [0.29, 0.717) is 0 Å². The second kappa shape index (κ2) is 9.75. The molecule has 132 valence electrons. The van der Waals surface area contributed by atoms with Gasteiger partial charge in [0.1, 0.15) is 12.7 Å². The first kappa shape index (κ1) is 21.7. The van der Waals surface area contributed by atoms with Gasteiger partial charge in [0.05, 0.1) is 0 Å². The van der Waals surface area contributed by atoms with Crippen LogP contribution in [0, 0.1) is 0 Å². The quantitative estimate of drug-likeness (QED) is 0.259. The number of ether oxygens (including phenoxy) is 4. The molecule has 1 fully saturated rings. The molecule has 4 atom stereocenters. The Bertz CT molecular complexity index is 476. The third-order valence-electron chi connectivity index (χ3n) is 2.67. The number of halogens is 1. The summed E-state index contributed by atoms with van der Waals surface area (Å²) in [6.07, 6.45) is -3.54. The van der Waals surface area contributed by atoms with Crippen molar-refractivity contribution in [1.29, 1.82) is 0 Å². The summed E-state index contributed by atoms with van der Waals surface area (Å²) in [7, 11) is 0. The molecule has 0 aliphatic carbocycles. The summed E-state index contributed by atoms with van der Waals surface area (Å²) in [4.78, 5) is 33.4. The Morgan fingerprint density at radius 1 is 1.09 bits per heavy atom. The van der Waals surface area contributed by atoms with Gasteiger partial charge < -0.3 is 47.0 Å². The normalized spacial score (nSPS) is 25.7. The van der Waals surface area contributed by atoms with Gasteiger partial charge in [-0.15, -0.1) is 0 Å². The second-order valence-corrected chi connectivity index (χ2v) is 5.11. The lowest BCUT2D eigenvalue weighted by molar-refractivity contribution is -0.220. The Hall–Kier alpha value is -1.30. The summed E-state index contributed by atoms with van der Waals surface area (Å²) in [6, 6.07) is 0. The molecule has 23 heavy (non-hydrogen) atoms. The van der Waals surface area contributed by atoms with Crippen LogP contribution in [0.2, 0.25) is 0 Å². The summed E-state index contributed by atoms with van der Waals surface area (Å²) >= 11 is 4.83. The zero-order valence-corrected chi connectivity index (χ0v) is 15.3. The van der Waals surface area contributed by atoms with Crippen LogP contribution in [0.15, 0.2) is 0 Å². The molecule has 0 amide bonds. The molecule has 9 nitrogen and oxygen atoms in total. The Kier molecular flexibility index (Phi) is 9.20. The number of esters is 3. The fraction of sp³-hybridized carbons (Fsp3) is 0.667. The molecule has 0 spiro atoms. The highest BCUT2D eigenvalue weighted by atomic mass is 79.9. The standard InChI is InChI=1S/C12H18N2O7S.BrH/c1-5(15)18-4-8-9(19-6(2)16)10(20-7(3)17)11(21-8)14-12(13)22;/h8-11H,4H2,1-3H3,(H3,13,14,22);1H/t8-,9-,10-,11?;/m1./s1. The number of nitrogens with one attached hydrogen (secondary N) is 1. The number of hydrogen-bond acceptors (Lipinski definition) is 8. The minimum absolute atomic E-state index is 0. The van der Waals surface area contributed by atoms with Crippen molar-refractivity contribution < 1.29 is 56.0 Å². The van der Waals surface area contributed by atoms with Crippen LogP contribution in [0.5, 0.6) is 0 Å². The molecule has 0 aromatic rings. The molecule has 0 aromatic heterocycles. The number of rotatable bonds is 5. The fourth-order valence-corrected chi connectivity index (χ4v) is 2.11. The van der Waals surface area contributed by atoms with Crippen molar-refractivity contribution in [3.8, 4) is 0 Å².